The quantitative estimate of drug-likeness (QED) is 0.831. The maximum absolute atomic E-state index is 10.8. The fourth-order valence-electron chi connectivity index (χ4n) is 3.44. The van der Waals surface area contributed by atoms with Gasteiger partial charge in [0.05, 0.1) is 13.2 Å². The van der Waals surface area contributed by atoms with Gasteiger partial charge >= 0.3 is 0 Å². The first-order valence-electron chi connectivity index (χ1n) is 7.42. The van der Waals surface area contributed by atoms with Gasteiger partial charge in [-0.1, -0.05) is 18.6 Å². The Kier molecular flexibility index (Phi) is 4.54. The lowest BCUT2D eigenvalue weighted by atomic mass is 9.78. The molecule has 0 saturated carbocycles. The van der Waals surface area contributed by atoms with Gasteiger partial charge in [0.2, 0.25) is 0 Å². The van der Waals surface area contributed by atoms with Crippen molar-refractivity contribution in [2.24, 2.45) is 11.8 Å². The second-order valence-corrected chi connectivity index (χ2v) is 6.31. The summed E-state index contributed by atoms with van der Waals surface area (Å²) in [6, 6.07) is 4.11. The number of rotatable bonds is 3. The van der Waals surface area contributed by atoms with Crippen LogP contribution in [0.4, 0.5) is 0 Å². The summed E-state index contributed by atoms with van der Waals surface area (Å²) in [4.78, 5) is 0. The number of aliphatic hydroxyl groups excluding tert-OH is 1. The highest BCUT2D eigenvalue weighted by molar-refractivity contribution is 5.42. The first-order valence-corrected chi connectivity index (χ1v) is 7.42. The normalized spacial score (nSPS) is 24.2. The van der Waals surface area contributed by atoms with E-state index in [0.717, 1.165) is 35.3 Å². The third-order valence-corrected chi connectivity index (χ3v) is 4.38. The van der Waals surface area contributed by atoms with E-state index in [4.69, 9.17) is 4.74 Å². The van der Waals surface area contributed by atoms with Crippen LogP contribution in [-0.2, 0) is 0 Å². The lowest BCUT2D eigenvalue weighted by Crippen LogP contribution is -2.20. The highest BCUT2D eigenvalue weighted by atomic mass is 16.5. The van der Waals surface area contributed by atoms with Gasteiger partial charge in [0.1, 0.15) is 5.75 Å². The standard InChI is InChI=1S/C18H26O2/c1-11-6-12(2)8-15(7-11)18(19)16-9-14(4)17(20-5)10-13(16)3/h6,9-11,15,18-19H,7-8H2,1-5H3. The van der Waals surface area contributed by atoms with E-state index in [1.54, 1.807) is 7.11 Å². The number of benzene rings is 1. The summed E-state index contributed by atoms with van der Waals surface area (Å²) in [5.41, 5.74) is 4.65. The Balaban J connectivity index is 2.27. The van der Waals surface area contributed by atoms with Crippen LogP contribution in [0.5, 0.6) is 5.75 Å². The molecule has 3 atom stereocenters. The van der Waals surface area contributed by atoms with Gasteiger partial charge in [0.25, 0.3) is 0 Å². The molecular weight excluding hydrogens is 248 g/mol. The molecule has 1 aromatic rings. The Morgan fingerprint density at radius 2 is 1.90 bits per heavy atom. The molecule has 0 amide bonds. The molecular formula is C18H26O2. The molecule has 0 aromatic heterocycles. The van der Waals surface area contributed by atoms with Crippen molar-refractivity contribution in [1.82, 2.24) is 0 Å². The molecule has 110 valence electrons. The summed E-state index contributed by atoms with van der Waals surface area (Å²) in [6.45, 7) is 8.48. The van der Waals surface area contributed by atoms with Gasteiger partial charge in [0, 0.05) is 0 Å². The summed E-state index contributed by atoms with van der Waals surface area (Å²) in [5.74, 6) is 1.77. The van der Waals surface area contributed by atoms with E-state index in [1.807, 2.05) is 13.0 Å². The van der Waals surface area contributed by atoms with Crippen LogP contribution in [0.2, 0.25) is 0 Å². The molecule has 1 N–H and O–H groups in total. The molecule has 0 heterocycles. The van der Waals surface area contributed by atoms with E-state index in [0.29, 0.717) is 11.8 Å². The van der Waals surface area contributed by atoms with E-state index in [1.165, 1.54) is 5.57 Å². The highest BCUT2D eigenvalue weighted by Crippen LogP contribution is 2.38. The van der Waals surface area contributed by atoms with Crippen LogP contribution >= 0.6 is 0 Å². The van der Waals surface area contributed by atoms with E-state index in [9.17, 15) is 5.11 Å². The molecule has 1 aromatic carbocycles. The molecule has 0 aliphatic heterocycles. The first kappa shape index (κ1) is 15.1. The number of hydrogen-bond donors (Lipinski definition) is 1. The minimum atomic E-state index is -0.384. The number of allylic oxidation sites excluding steroid dienone is 2. The van der Waals surface area contributed by atoms with Crippen molar-refractivity contribution in [3.63, 3.8) is 0 Å². The second kappa shape index (κ2) is 6.01. The minimum Gasteiger partial charge on any atom is -0.496 e. The molecule has 2 heteroatoms. The Bertz CT molecular complexity index is 516. The second-order valence-electron chi connectivity index (χ2n) is 6.31. The van der Waals surface area contributed by atoms with E-state index in [2.05, 4.69) is 32.9 Å². The third-order valence-electron chi connectivity index (χ3n) is 4.38. The summed E-state index contributed by atoms with van der Waals surface area (Å²) < 4.78 is 5.35. The molecule has 1 aliphatic carbocycles. The van der Waals surface area contributed by atoms with Crippen LogP contribution in [0.25, 0.3) is 0 Å². The van der Waals surface area contributed by atoms with Crippen LogP contribution in [0.15, 0.2) is 23.8 Å². The van der Waals surface area contributed by atoms with Gasteiger partial charge in [-0.2, -0.15) is 0 Å². The molecule has 1 aliphatic rings. The van der Waals surface area contributed by atoms with Crippen LogP contribution in [0.1, 0.15) is 49.5 Å². The van der Waals surface area contributed by atoms with Crippen LogP contribution in [-0.4, -0.2) is 12.2 Å². The number of aliphatic hydroxyl groups is 1. The lowest BCUT2D eigenvalue weighted by molar-refractivity contribution is 0.0926. The van der Waals surface area contributed by atoms with Crippen LogP contribution in [0, 0.1) is 25.7 Å². The van der Waals surface area contributed by atoms with Gasteiger partial charge in [-0.05, 0) is 74.3 Å². The van der Waals surface area contributed by atoms with Crippen molar-refractivity contribution in [2.75, 3.05) is 7.11 Å². The zero-order valence-corrected chi connectivity index (χ0v) is 13.2. The van der Waals surface area contributed by atoms with E-state index >= 15 is 0 Å². The molecule has 0 bridgehead atoms. The molecule has 2 nitrogen and oxygen atoms in total. The van der Waals surface area contributed by atoms with E-state index in [-0.39, 0.29) is 6.10 Å². The summed E-state index contributed by atoms with van der Waals surface area (Å²) in [7, 11) is 1.69. The number of methoxy groups -OCH3 is 1. The SMILES string of the molecule is COc1cc(C)c(C(O)C2CC(C)=CC(C)C2)cc1C. The van der Waals surface area contributed by atoms with Crippen molar-refractivity contribution >= 4 is 0 Å². The Hall–Kier alpha value is -1.28. The zero-order chi connectivity index (χ0) is 14.9. The first-order chi connectivity index (χ1) is 9.42. The Morgan fingerprint density at radius 3 is 2.50 bits per heavy atom. The minimum absolute atomic E-state index is 0.321. The molecule has 0 spiro atoms. The van der Waals surface area contributed by atoms with Crippen LogP contribution in [0.3, 0.4) is 0 Å². The molecule has 2 rings (SSSR count). The van der Waals surface area contributed by atoms with E-state index < -0.39 is 0 Å². The molecule has 20 heavy (non-hydrogen) atoms. The fourth-order valence-corrected chi connectivity index (χ4v) is 3.44. The monoisotopic (exact) mass is 274 g/mol. The lowest BCUT2D eigenvalue weighted by Gasteiger charge is -2.30. The number of aryl methyl sites for hydroxylation is 2. The maximum Gasteiger partial charge on any atom is 0.122 e. The third kappa shape index (κ3) is 3.06. The van der Waals surface area contributed by atoms with Gasteiger partial charge < -0.3 is 9.84 Å². The van der Waals surface area contributed by atoms with Crippen LogP contribution < -0.4 is 4.74 Å². The van der Waals surface area contributed by atoms with Gasteiger partial charge in [-0.3, -0.25) is 0 Å². The average molecular weight is 274 g/mol. The smallest absolute Gasteiger partial charge is 0.122 e. The average Bonchev–Trinajstić information content (AvgIpc) is 2.39. The van der Waals surface area contributed by atoms with Crippen molar-refractivity contribution < 1.29 is 9.84 Å². The Morgan fingerprint density at radius 1 is 1.20 bits per heavy atom. The maximum atomic E-state index is 10.8. The largest absolute Gasteiger partial charge is 0.496 e. The summed E-state index contributed by atoms with van der Waals surface area (Å²) in [5, 5.41) is 10.8. The zero-order valence-electron chi connectivity index (χ0n) is 13.2. The van der Waals surface area contributed by atoms with Gasteiger partial charge in [-0.15, -0.1) is 0 Å². The van der Waals surface area contributed by atoms with Crippen molar-refractivity contribution in [2.45, 2.75) is 46.6 Å². The molecule has 0 radical (unpaired) electrons. The summed E-state index contributed by atoms with van der Waals surface area (Å²) in [6.07, 6.45) is 4.00. The predicted molar refractivity (Wildman–Crippen MR) is 83.1 cm³/mol. The number of ether oxygens (including phenoxy) is 1. The summed E-state index contributed by atoms with van der Waals surface area (Å²) >= 11 is 0. The Labute approximate surface area is 122 Å². The fraction of sp³-hybridized carbons (Fsp3) is 0.556. The van der Waals surface area contributed by atoms with Gasteiger partial charge in [0.15, 0.2) is 0 Å². The molecule has 0 saturated heterocycles. The topological polar surface area (TPSA) is 29.5 Å². The highest BCUT2D eigenvalue weighted by Gasteiger charge is 2.27. The van der Waals surface area contributed by atoms with Gasteiger partial charge in [-0.25, -0.2) is 0 Å². The molecule has 3 unspecified atom stereocenters. The molecule has 0 fully saturated rings. The van der Waals surface area contributed by atoms with Crippen molar-refractivity contribution in [3.05, 3.63) is 40.5 Å². The van der Waals surface area contributed by atoms with Crippen molar-refractivity contribution in [3.8, 4) is 5.75 Å². The number of hydrogen-bond acceptors (Lipinski definition) is 2. The predicted octanol–water partition coefficient (Wildman–Crippen LogP) is 4.34. The van der Waals surface area contributed by atoms with Crippen molar-refractivity contribution in [1.29, 1.82) is 0 Å².